The van der Waals surface area contributed by atoms with Gasteiger partial charge in [0.1, 0.15) is 5.82 Å². The average Bonchev–Trinajstić information content (AvgIpc) is 2.66. The van der Waals surface area contributed by atoms with E-state index in [9.17, 15) is 9.18 Å². The molecule has 1 fully saturated rings. The number of nitrogens with zero attached hydrogens (tertiary/aromatic N) is 1. The van der Waals surface area contributed by atoms with Crippen LogP contribution < -0.4 is 10.2 Å². The first kappa shape index (κ1) is 18.9. The topological polar surface area (TPSA) is 41.6 Å². The second-order valence-corrected chi connectivity index (χ2v) is 7.96. The van der Waals surface area contributed by atoms with Crippen LogP contribution in [0.5, 0.6) is 0 Å². The second kappa shape index (κ2) is 7.92. The first-order valence-corrected chi connectivity index (χ1v) is 10.1. The fourth-order valence-corrected chi connectivity index (χ4v) is 4.47. The van der Waals surface area contributed by atoms with Gasteiger partial charge in [-0.2, -0.15) is 0 Å². The zero-order valence-electron chi connectivity index (χ0n) is 16.5. The molecule has 1 aliphatic heterocycles. The third-order valence-corrected chi connectivity index (χ3v) is 5.66. The van der Waals surface area contributed by atoms with Gasteiger partial charge in [-0.25, -0.2) is 4.39 Å². The molecule has 3 unspecified atom stereocenters. The molecule has 5 heteroatoms. The van der Waals surface area contributed by atoms with E-state index in [0.717, 1.165) is 24.8 Å². The molecule has 2 aromatic carbocycles. The standard InChI is InChI=1S/C23H27FN2O2/c1-15-13-26(14-16(2)28-15)22-11-10-18(12-21(22)24)25-23(27)20-9-5-7-17-6-3-4-8-19(17)20/h3-4,6,8,10-12,15-16,20H,5,7,9,13-14H2,1-2H3,(H,25,27). The van der Waals surface area contributed by atoms with Crippen LogP contribution in [0.1, 0.15) is 43.7 Å². The molecule has 1 heterocycles. The number of morpholine rings is 1. The maximum Gasteiger partial charge on any atom is 0.231 e. The number of fused-ring (bicyclic) bond motifs is 1. The number of amides is 1. The minimum atomic E-state index is -0.317. The minimum Gasteiger partial charge on any atom is -0.372 e. The van der Waals surface area contributed by atoms with Crippen LogP contribution in [0.2, 0.25) is 0 Å². The normalized spacial score (nSPS) is 24.5. The highest BCUT2D eigenvalue weighted by atomic mass is 19.1. The highest BCUT2D eigenvalue weighted by Gasteiger charge is 2.27. The number of hydrogen-bond donors (Lipinski definition) is 1. The third kappa shape index (κ3) is 3.90. The number of nitrogens with one attached hydrogen (secondary N) is 1. The number of rotatable bonds is 3. The summed E-state index contributed by atoms with van der Waals surface area (Å²) >= 11 is 0. The van der Waals surface area contributed by atoms with Gasteiger partial charge >= 0.3 is 0 Å². The summed E-state index contributed by atoms with van der Waals surface area (Å²) in [4.78, 5) is 14.9. The predicted octanol–water partition coefficient (Wildman–Crippen LogP) is 4.50. The molecular weight excluding hydrogens is 355 g/mol. The molecule has 0 spiro atoms. The van der Waals surface area contributed by atoms with E-state index in [2.05, 4.69) is 11.4 Å². The number of aryl methyl sites for hydroxylation is 1. The van der Waals surface area contributed by atoms with Crippen LogP contribution in [-0.4, -0.2) is 31.2 Å². The van der Waals surface area contributed by atoms with Gasteiger partial charge in [0.25, 0.3) is 0 Å². The van der Waals surface area contributed by atoms with Gasteiger partial charge in [0.05, 0.1) is 23.8 Å². The average molecular weight is 382 g/mol. The quantitative estimate of drug-likeness (QED) is 0.850. The zero-order chi connectivity index (χ0) is 19.7. The Morgan fingerprint density at radius 1 is 1.14 bits per heavy atom. The number of carbonyl (C=O) groups excluding carboxylic acids is 1. The first-order chi connectivity index (χ1) is 13.5. The van der Waals surface area contributed by atoms with Crippen molar-refractivity contribution in [2.75, 3.05) is 23.3 Å². The Kier molecular flexibility index (Phi) is 5.36. The van der Waals surface area contributed by atoms with Crippen molar-refractivity contribution in [3.63, 3.8) is 0 Å². The first-order valence-electron chi connectivity index (χ1n) is 10.1. The number of halogens is 1. The Balaban J connectivity index is 1.49. The summed E-state index contributed by atoms with van der Waals surface area (Å²) in [6, 6.07) is 13.1. The summed E-state index contributed by atoms with van der Waals surface area (Å²) in [6.45, 7) is 5.31. The van der Waals surface area contributed by atoms with Gasteiger partial charge in [0.15, 0.2) is 0 Å². The number of hydrogen-bond acceptors (Lipinski definition) is 3. The van der Waals surface area contributed by atoms with E-state index in [-0.39, 0.29) is 29.9 Å². The fourth-order valence-electron chi connectivity index (χ4n) is 4.47. The molecule has 4 rings (SSSR count). The maximum atomic E-state index is 14.8. The van der Waals surface area contributed by atoms with Crippen LogP contribution in [0.3, 0.4) is 0 Å². The molecule has 0 radical (unpaired) electrons. The van der Waals surface area contributed by atoms with Gasteiger partial charge in [0, 0.05) is 18.8 Å². The maximum absolute atomic E-state index is 14.8. The molecule has 0 saturated carbocycles. The SMILES string of the molecule is CC1CN(c2ccc(NC(=O)C3CCCc4ccccc43)cc2F)CC(C)O1. The van der Waals surface area contributed by atoms with Crippen molar-refractivity contribution in [3.05, 3.63) is 59.4 Å². The molecule has 1 aliphatic carbocycles. The summed E-state index contributed by atoms with van der Waals surface area (Å²) in [6.07, 6.45) is 2.96. The van der Waals surface area contributed by atoms with E-state index in [4.69, 9.17) is 4.74 Å². The molecule has 1 N–H and O–H groups in total. The van der Waals surface area contributed by atoms with Crippen molar-refractivity contribution in [2.24, 2.45) is 0 Å². The van der Waals surface area contributed by atoms with Crippen LogP contribution in [0, 0.1) is 5.82 Å². The van der Waals surface area contributed by atoms with E-state index in [0.29, 0.717) is 24.5 Å². The second-order valence-electron chi connectivity index (χ2n) is 7.96. The molecule has 1 saturated heterocycles. The Labute approximate surface area is 165 Å². The molecular formula is C23H27FN2O2. The smallest absolute Gasteiger partial charge is 0.231 e. The molecule has 148 valence electrons. The summed E-state index contributed by atoms with van der Waals surface area (Å²) in [5.74, 6) is -0.551. The van der Waals surface area contributed by atoms with Crippen molar-refractivity contribution >= 4 is 17.3 Å². The molecule has 1 amide bonds. The van der Waals surface area contributed by atoms with Crippen molar-refractivity contribution in [3.8, 4) is 0 Å². The van der Waals surface area contributed by atoms with Crippen LogP contribution in [0.15, 0.2) is 42.5 Å². The van der Waals surface area contributed by atoms with E-state index < -0.39 is 0 Å². The molecule has 2 aliphatic rings. The van der Waals surface area contributed by atoms with Crippen molar-refractivity contribution in [1.82, 2.24) is 0 Å². The molecule has 4 nitrogen and oxygen atoms in total. The highest BCUT2D eigenvalue weighted by Crippen LogP contribution is 2.33. The Hall–Kier alpha value is -2.40. The molecule has 3 atom stereocenters. The van der Waals surface area contributed by atoms with E-state index in [1.54, 1.807) is 12.1 Å². The number of benzene rings is 2. The lowest BCUT2D eigenvalue weighted by Crippen LogP contribution is -2.45. The summed E-state index contributed by atoms with van der Waals surface area (Å²) in [5, 5.41) is 2.92. The van der Waals surface area contributed by atoms with E-state index in [1.807, 2.05) is 36.9 Å². The van der Waals surface area contributed by atoms with Gasteiger partial charge in [0.2, 0.25) is 5.91 Å². The predicted molar refractivity (Wildman–Crippen MR) is 109 cm³/mol. The van der Waals surface area contributed by atoms with Gasteiger partial charge in [-0.1, -0.05) is 24.3 Å². The van der Waals surface area contributed by atoms with Crippen LogP contribution in [0.4, 0.5) is 15.8 Å². The molecule has 2 aromatic rings. The van der Waals surface area contributed by atoms with Crippen molar-refractivity contribution < 1.29 is 13.9 Å². The lowest BCUT2D eigenvalue weighted by molar-refractivity contribution is -0.117. The Bertz CT molecular complexity index is 859. The zero-order valence-corrected chi connectivity index (χ0v) is 16.5. The molecule has 0 bridgehead atoms. The summed E-state index contributed by atoms with van der Waals surface area (Å²) in [5.41, 5.74) is 3.40. The molecule has 28 heavy (non-hydrogen) atoms. The third-order valence-electron chi connectivity index (χ3n) is 5.66. The van der Waals surface area contributed by atoms with Gasteiger partial charge in [-0.3, -0.25) is 4.79 Å². The van der Waals surface area contributed by atoms with Gasteiger partial charge < -0.3 is 15.0 Å². The van der Waals surface area contributed by atoms with Crippen LogP contribution >= 0.6 is 0 Å². The lowest BCUT2D eigenvalue weighted by Gasteiger charge is -2.37. The largest absolute Gasteiger partial charge is 0.372 e. The Morgan fingerprint density at radius 3 is 2.64 bits per heavy atom. The van der Waals surface area contributed by atoms with E-state index in [1.165, 1.54) is 11.6 Å². The summed E-state index contributed by atoms with van der Waals surface area (Å²) < 4.78 is 20.5. The number of anilines is 2. The van der Waals surface area contributed by atoms with Crippen molar-refractivity contribution in [2.45, 2.75) is 51.2 Å². The number of ether oxygens (including phenoxy) is 1. The molecule has 0 aromatic heterocycles. The monoisotopic (exact) mass is 382 g/mol. The van der Waals surface area contributed by atoms with Crippen molar-refractivity contribution in [1.29, 1.82) is 0 Å². The number of carbonyl (C=O) groups is 1. The van der Waals surface area contributed by atoms with E-state index >= 15 is 0 Å². The minimum absolute atomic E-state index is 0.0621. The highest BCUT2D eigenvalue weighted by molar-refractivity contribution is 5.96. The Morgan fingerprint density at radius 2 is 1.89 bits per heavy atom. The van der Waals surface area contributed by atoms with Crippen LogP contribution in [0.25, 0.3) is 0 Å². The van der Waals surface area contributed by atoms with Crippen LogP contribution in [-0.2, 0) is 16.0 Å². The summed E-state index contributed by atoms with van der Waals surface area (Å²) in [7, 11) is 0. The fraction of sp³-hybridized carbons (Fsp3) is 0.435. The van der Waals surface area contributed by atoms with Gasteiger partial charge in [-0.15, -0.1) is 0 Å². The lowest BCUT2D eigenvalue weighted by atomic mass is 9.82. The van der Waals surface area contributed by atoms with Gasteiger partial charge in [-0.05, 0) is 62.4 Å².